The maximum absolute atomic E-state index is 12.3. The van der Waals surface area contributed by atoms with Crippen molar-refractivity contribution >= 4 is 23.3 Å². The molecule has 0 spiro atoms. The highest BCUT2D eigenvalue weighted by Crippen LogP contribution is 2.22. The smallest absolute Gasteiger partial charge is 0.123 e. The Kier molecular flexibility index (Phi) is 10.9. The molecule has 3 rings (SSSR count). The third-order valence-electron chi connectivity index (χ3n) is 3.34. The number of rotatable bonds is 4. The van der Waals surface area contributed by atoms with E-state index >= 15 is 0 Å². The Morgan fingerprint density at radius 1 is 1.00 bits per heavy atom. The molecule has 0 aliphatic heterocycles. The van der Waals surface area contributed by atoms with Crippen LogP contribution < -0.4 is 4.72 Å². The number of hydrogen-bond donors (Lipinski definition) is 1. The summed E-state index contributed by atoms with van der Waals surface area (Å²) in [5.41, 5.74) is 5.52. The average molecular weight is 391 g/mol. The molecule has 140 valence electrons. The third kappa shape index (κ3) is 7.68. The van der Waals surface area contributed by atoms with Gasteiger partial charge in [0.2, 0.25) is 0 Å². The number of halogens is 1. The Labute approximate surface area is 165 Å². The first kappa shape index (κ1) is 22.4. The van der Waals surface area contributed by atoms with Gasteiger partial charge in [-0.1, -0.05) is 52.0 Å². The van der Waals surface area contributed by atoms with Crippen molar-refractivity contribution in [1.29, 1.82) is 0 Å². The van der Waals surface area contributed by atoms with Gasteiger partial charge in [0, 0.05) is 15.8 Å². The van der Waals surface area contributed by atoms with Crippen molar-refractivity contribution in [2.24, 2.45) is 0 Å². The topological polar surface area (TPSA) is 24.9 Å². The number of hydrogen-bond acceptors (Lipinski definition) is 4. The van der Waals surface area contributed by atoms with Gasteiger partial charge in [0.15, 0.2) is 0 Å². The van der Waals surface area contributed by atoms with Crippen molar-refractivity contribution in [1.82, 2.24) is 9.71 Å². The summed E-state index contributed by atoms with van der Waals surface area (Å²) < 4.78 is 15.2. The molecule has 0 fully saturated rings. The molecule has 1 N–H and O–H groups in total. The molecule has 26 heavy (non-hydrogen) atoms. The summed E-state index contributed by atoms with van der Waals surface area (Å²) in [7, 11) is 1.83. The Hall–Kier alpha value is -1.69. The van der Waals surface area contributed by atoms with E-state index < -0.39 is 0 Å². The van der Waals surface area contributed by atoms with Crippen LogP contribution in [0.5, 0.6) is 0 Å². The third-order valence-corrected chi connectivity index (χ3v) is 4.64. The predicted molar refractivity (Wildman–Crippen MR) is 114 cm³/mol. The molecular formula is C21H27FN2S2. The van der Waals surface area contributed by atoms with Crippen molar-refractivity contribution < 1.29 is 4.39 Å². The molecule has 5 heteroatoms. The summed E-state index contributed by atoms with van der Waals surface area (Å²) in [4.78, 5) is 5.30. The van der Waals surface area contributed by atoms with Crippen LogP contribution in [0.3, 0.4) is 0 Å². The molecule has 0 atom stereocenters. The number of aromatic nitrogens is 1. The van der Waals surface area contributed by atoms with Gasteiger partial charge in [-0.05, 0) is 54.7 Å². The van der Waals surface area contributed by atoms with Crippen LogP contribution in [0.4, 0.5) is 4.39 Å². The molecule has 1 heterocycles. The fourth-order valence-corrected chi connectivity index (χ4v) is 3.08. The quantitative estimate of drug-likeness (QED) is 0.485. The molecule has 3 aromatic rings. The van der Waals surface area contributed by atoms with E-state index in [1.54, 1.807) is 23.5 Å². The van der Waals surface area contributed by atoms with Crippen LogP contribution in [0, 0.1) is 5.82 Å². The van der Waals surface area contributed by atoms with E-state index in [-0.39, 0.29) is 5.82 Å². The molecule has 0 amide bonds. The summed E-state index contributed by atoms with van der Waals surface area (Å²) in [6, 6.07) is 15.0. The van der Waals surface area contributed by atoms with Crippen LogP contribution in [0.15, 0.2) is 64.3 Å². The molecule has 2 aromatic carbocycles. The molecule has 1 aromatic heterocycles. The van der Waals surface area contributed by atoms with Crippen molar-refractivity contribution in [2.75, 3.05) is 7.05 Å². The Morgan fingerprint density at radius 3 is 2.08 bits per heavy atom. The minimum Gasteiger partial charge on any atom is -0.263 e. The second kappa shape index (κ2) is 12.6. The Morgan fingerprint density at radius 2 is 1.62 bits per heavy atom. The molecule has 0 saturated heterocycles. The van der Waals surface area contributed by atoms with Crippen molar-refractivity contribution in [3.63, 3.8) is 0 Å². The van der Waals surface area contributed by atoms with Gasteiger partial charge in [-0.3, -0.25) is 4.72 Å². The van der Waals surface area contributed by atoms with Crippen molar-refractivity contribution in [3.8, 4) is 11.3 Å². The van der Waals surface area contributed by atoms with Gasteiger partial charge < -0.3 is 0 Å². The van der Waals surface area contributed by atoms with Crippen LogP contribution in [0.1, 0.15) is 39.2 Å². The summed E-state index contributed by atoms with van der Waals surface area (Å²) in [6.45, 7) is 8.41. The van der Waals surface area contributed by atoms with Crippen molar-refractivity contribution in [3.05, 3.63) is 70.8 Å². The van der Waals surface area contributed by atoms with Crippen LogP contribution in [0.2, 0.25) is 0 Å². The van der Waals surface area contributed by atoms with Gasteiger partial charge in [0.25, 0.3) is 0 Å². The number of nitrogens with one attached hydrogen (secondary N) is 1. The fraction of sp³-hybridized carbons (Fsp3) is 0.286. The first-order valence-corrected chi connectivity index (χ1v) is 10.4. The maximum atomic E-state index is 12.3. The van der Waals surface area contributed by atoms with E-state index in [4.69, 9.17) is 0 Å². The average Bonchev–Trinajstić information content (AvgIpc) is 3.21. The summed E-state index contributed by atoms with van der Waals surface area (Å²) in [6.07, 6.45) is 0. The lowest BCUT2D eigenvalue weighted by Crippen LogP contribution is -1.89. The van der Waals surface area contributed by atoms with Crippen LogP contribution in [0.25, 0.3) is 11.3 Å². The van der Waals surface area contributed by atoms with E-state index in [1.807, 2.05) is 26.4 Å². The first-order chi connectivity index (χ1) is 12.6. The second-order valence-corrected chi connectivity index (χ2v) is 7.21. The SMILES string of the molecule is CC.CC(C)c1ccc(-c2cscn2)cc1.CNSc1ccc(F)cc1. The van der Waals surface area contributed by atoms with Gasteiger partial charge in [-0.2, -0.15) is 0 Å². The van der Waals surface area contributed by atoms with Crippen molar-refractivity contribution in [2.45, 2.75) is 38.5 Å². The van der Waals surface area contributed by atoms with Gasteiger partial charge >= 0.3 is 0 Å². The highest BCUT2D eigenvalue weighted by molar-refractivity contribution is 7.97. The molecule has 0 saturated carbocycles. The van der Waals surface area contributed by atoms with E-state index in [0.717, 1.165) is 10.6 Å². The van der Waals surface area contributed by atoms with Gasteiger partial charge in [0.05, 0.1) is 11.2 Å². The lowest BCUT2D eigenvalue weighted by atomic mass is 10.0. The van der Waals surface area contributed by atoms with Gasteiger partial charge in [-0.25, -0.2) is 9.37 Å². The first-order valence-electron chi connectivity index (χ1n) is 8.68. The predicted octanol–water partition coefficient (Wildman–Crippen LogP) is 7.01. The Bertz CT molecular complexity index is 709. The zero-order valence-electron chi connectivity index (χ0n) is 16.0. The molecular weight excluding hydrogens is 363 g/mol. The van der Waals surface area contributed by atoms with Gasteiger partial charge in [0.1, 0.15) is 5.82 Å². The maximum Gasteiger partial charge on any atom is 0.123 e. The molecule has 0 aliphatic carbocycles. The standard InChI is InChI=1S/C12H13NS.C7H8FNS.C2H6/c1-9(2)10-3-5-11(6-4-10)12-7-14-8-13-12;1-9-10-7-4-2-6(8)3-5-7;1-2/h3-9H,1-2H3;2-5,9H,1H3;1-2H3. The monoisotopic (exact) mass is 390 g/mol. The fourth-order valence-electron chi connectivity index (χ4n) is 2.01. The Balaban J connectivity index is 0.000000249. The highest BCUT2D eigenvalue weighted by atomic mass is 32.2. The molecule has 0 aliphatic rings. The highest BCUT2D eigenvalue weighted by Gasteiger charge is 2.01. The number of thiazole rings is 1. The normalized spacial score (nSPS) is 9.81. The van der Waals surface area contributed by atoms with E-state index in [2.05, 4.69) is 53.2 Å². The van der Waals surface area contributed by atoms with Crippen LogP contribution >= 0.6 is 23.3 Å². The molecule has 0 bridgehead atoms. The van der Waals surface area contributed by atoms with Gasteiger partial charge in [-0.15, -0.1) is 11.3 Å². The lowest BCUT2D eigenvalue weighted by Gasteiger charge is -2.05. The minimum absolute atomic E-state index is 0.194. The summed E-state index contributed by atoms with van der Waals surface area (Å²) >= 11 is 3.10. The van der Waals surface area contributed by atoms with Crippen LogP contribution in [-0.2, 0) is 0 Å². The zero-order valence-corrected chi connectivity index (χ0v) is 17.6. The number of nitrogens with zero attached hydrogens (tertiary/aromatic N) is 1. The zero-order chi connectivity index (χ0) is 19.4. The number of benzene rings is 2. The second-order valence-electron chi connectivity index (χ2n) is 5.41. The van der Waals surface area contributed by atoms with Crippen LogP contribution in [-0.4, -0.2) is 12.0 Å². The molecule has 0 radical (unpaired) electrons. The minimum atomic E-state index is -0.194. The molecule has 0 unspecified atom stereocenters. The van der Waals surface area contributed by atoms with E-state index in [0.29, 0.717) is 5.92 Å². The summed E-state index contributed by atoms with van der Waals surface area (Å²) in [5.74, 6) is 0.403. The van der Waals surface area contributed by atoms with E-state index in [9.17, 15) is 4.39 Å². The largest absolute Gasteiger partial charge is 0.263 e. The van der Waals surface area contributed by atoms with E-state index in [1.165, 1.54) is 35.2 Å². The molecule has 2 nitrogen and oxygen atoms in total. The summed E-state index contributed by atoms with van der Waals surface area (Å²) in [5, 5.41) is 2.07. The lowest BCUT2D eigenvalue weighted by molar-refractivity contribution is 0.626.